The van der Waals surface area contributed by atoms with Crippen LogP contribution in [0.1, 0.15) is 32.1 Å². The lowest BCUT2D eigenvalue weighted by Gasteiger charge is -2.21. The van der Waals surface area contributed by atoms with Crippen molar-refractivity contribution >= 4 is 11.6 Å². The number of amides is 1. The molecule has 2 aromatic rings. The Balaban J connectivity index is 1.59. The van der Waals surface area contributed by atoms with Crippen LogP contribution in [0.2, 0.25) is 0 Å². The van der Waals surface area contributed by atoms with Crippen LogP contribution in [0.4, 0.5) is 5.69 Å². The number of anilines is 1. The molecular formula is C15H19N5O2. The molecule has 0 atom stereocenters. The minimum Gasteiger partial charge on any atom is -0.368 e. The molecule has 22 heavy (non-hydrogen) atoms. The molecule has 1 N–H and O–H groups in total. The maximum atomic E-state index is 12.1. The first kappa shape index (κ1) is 14.6. The zero-order valence-electron chi connectivity index (χ0n) is 12.3. The normalized spacial score (nSPS) is 15.6. The third kappa shape index (κ3) is 3.67. The summed E-state index contributed by atoms with van der Waals surface area (Å²) in [5.41, 5.74) is 0.588. The van der Waals surface area contributed by atoms with Gasteiger partial charge in [-0.3, -0.25) is 4.79 Å². The number of carbonyl (C=O) groups excluding carboxylic acids is 1. The fourth-order valence-corrected chi connectivity index (χ4v) is 2.61. The van der Waals surface area contributed by atoms with Crippen molar-refractivity contribution in [2.24, 2.45) is 0 Å². The van der Waals surface area contributed by atoms with Gasteiger partial charge in [0, 0.05) is 6.20 Å². The molecule has 3 rings (SSSR count). The van der Waals surface area contributed by atoms with E-state index in [9.17, 15) is 4.79 Å². The van der Waals surface area contributed by atoms with Gasteiger partial charge in [-0.25, -0.2) is 14.6 Å². The van der Waals surface area contributed by atoms with E-state index in [2.05, 4.69) is 20.4 Å². The highest BCUT2D eigenvalue weighted by molar-refractivity contribution is 5.93. The van der Waals surface area contributed by atoms with E-state index in [-0.39, 0.29) is 18.6 Å². The van der Waals surface area contributed by atoms with E-state index in [1.165, 1.54) is 36.6 Å². The third-order valence-corrected chi connectivity index (χ3v) is 3.70. The Kier molecular flexibility index (Phi) is 4.75. The lowest BCUT2D eigenvalue weighted by atomic mass is 9.98. The van der Waals surface area contributed by atoms with Gasteiger partial charge < -0.3 is 10.1 Å². The van der Waals surface area contributed by atoms with Crippen molar-refractivity contribution in [3.05, 3.63) is 31.0 Å². The molecule has 0 unspecified atom stereocenters. The maximum Gasteiger partial charge on any atom is 0.250 e. The fourth-order valence-electron chi connectivity index (χ4n) is 2.61. The number of aromatic nitrogens is 4. The monoisotopic (exact) mass is 301 g/mol. The van der Waals surface area contributed by atoms with Gasteiger partial charge in [-0.1, -0.05) is 19.3 Å². The molecule has 0 bridgehead atoms. The van der Waals surface area contributed by atoms with Gasteiger partial charge in [0.15, 0.2) is 5.82 Å². The summed E-state index contributed by atoms with van der Waals surface area (Å²) in [5, 5.41) is 6.86. The minimum atomic E-state index is -0.181. The van der Waals surface area contributed by atoms with Crippen molar-refractivity contribution in [2.45, 2.75) is 38.2 Å². The van der Waals surface area contributed by atoms with Crippen LogP contribution in [0.5, 0.6) is 0 Å². The number of pyridine rings is 1. The molecule has 7 heteroatoms. The van der Waals surface area contributed by atoms with Gasteiger partial charge in [0.1, 0.15) is 19.3 Å². The molecule has 1 saturated carbocycles. The van der Waals surface area contributed by atoms with Gasteiger partial charge in [-0.05, 0) is 25.0 Å². The minimum absolute atomic E-state index is 0.0658. The van der Waals surface area contributed by atoms with E-state index in [4.69, 9.17) is 4.74 Å². The lowest BCUT2D eigenvalue weighted by Crippen LogP contribution is -2.25. The average molecular weight is 301 g/mol. The number of carbonyl (C=O) groups is 1. The van der Waals surface area contributed by atoms with E-state index in [0.717, 1.165) is 12.8 Å². The van der Waals surface area contributed by atoms with Gasteiger partial charge in [-0.15, -0.1) is 0 Å². The molecule has 0 aliphatic heterocycles. The molecule has 1 amide bonds. The van der Waals surface area contributed by atoms with Gasteiger partial charge >= 0.3 is 0 Å². The van der Waals surface area contributed by atoms with E-state index in [1.807, 2.05) is 0 Å². The van der Waals surface area contributed by atoms with Gasteiger partial charge in [0.25, 0.3) is 0 Å². The smallest absolute Gasteiger partial charge is 0.250 e. The summed E-state index contributed by atoms with van der Waals surface area (Å²) < 4.78 is 7.19. The van der Waals surface area contributed by atoms with E-state index in [1.54, 1.807) is 18.3 Å². The topological polar surface area (TPSA) is 81.9 Å². The van der Waals surface area contributed by atoms with Crippen LogP contribution in [0, 0.1) is 0 Å². The summed E-state index contributed by atoms with van der Waals surface area (Å²) in [6, 6.07) is 3.54. The first-order valence-corrected chi connectivity index (χ1v) is 7.54. The highest BCUT2D eigenvalue weighted by Crippen LogP contribution is 2.20. The molecule has 7 nitrogen and oxygen atoms in total. The number of hydrogen-bond acceptors (Lipinski definition) is 5. The van der Waals surface area contributed by atoms with E-state index < -0.39 is 0 Å². The summed E-state index contributed by atoms with van der Waals surface area (Å²) in [4.78, 5) is 20.2. The van der Waals surface area contributed by atoms with E-state index >= 15 is 0 Å². The second-order valence-corrected chi connectivity index (χ2v) is 5.33. The van der Waals surface area contributed by atoms with Gasteiger partial charge in [0.05, 0.1) is 11.8 Å². The first-order chi connectivity index (χ1) is 10.8. The third-order valence-electron chi connectivity index (χ3n) is 3.70. The number of nitrogens with one attached hydrogen (secondary N) is 1. The van der Waals surface area contributed by atoms with Crippen LogP contribution in [0.15, 0.2) is 31.0 Å². The predicted molar refractivity (Wildman–Crippen MR) is 80.6 cm³/mol. The zero-order chi connectivity index (χ0) is 15.2. The summed E-state index contributed by atoms with van der Waals surface area (Å²) in [7, 11) is 0. The number of rotatable bonds is 5. The largest absolute Gasteiger partial charge is 0.368 e. The van der Waals surface area contributed by atoms with Crippen molar-refractivity contribution < 1.29 is 9.53 Å². The fraction of sp³-hybridized carbons (Fsp3) is 0.467. The van der Waals surface area contributed by atoms with Crippen LogP contribution < -0.4 is 5.32 Å². The molecule has 1 aliphatic rings. The maximum absolute atomic E-state index is 12.1. The second kappa shape index (κ2) is 7.13. The van der Waals surface area contributed by atoms with Gasteiger partial charge in [-0.2, -0.15) is 5.10 Å². The molecule has 0 saturated heterocycles. The number of hydrogen-bond donors (Lipinski definition) is 1. The Morgan fingerprint density at radius 3 is 3.00 bits per heavy atom. The average Bonchev–Trinajstić information content (AvgIpc) is 3.09. The Bertz CT molecular complexity index is 608. The Labute approximate surface area is 128 Å². The second-order valence-electron chi connectivity index (χ2n) is 5.33. The molecule has 2 heterocycles. The Hall–Kier alpha value is -2.28. The molecule has 0 spiro atoms. The molecule has 1 fully saturated rings. The molecule has 116 valence electrons. The number of nitrogens with zero attached hydrogens (tertiary/aromatic N) is 4. The molecule has 2 aromatic heterocycles. The quantitative estimate of drug-likeness (QED) is 0.912. The van der Waals surface area contributed by atoms with E-state index in [0.29, 0.717) is 11.5 Å². The van der Waals surface area contributed by atoms with Gasteiger partial charge in [0.2, 0.25) is 5.91 Å². The highest BCUT2D eigenvalue weighted by atomic mass is 16.5. The summed E-state index contributed by atoms with van der Waals surface area (Å²) in [5.74, 6) is 0.353. The van der Waals surface area contributed by atoms with Crippen LogP contribution in [0.3, 0.4) is 0 Å². The zero-order valence-corrected chi connectivity index (χ0v) is 12.3. The van der Waals surface area contributed by atoms with Crippen molar-refractivity contribution in [3.63, 3.8) is 0 Å². The highest BCUT2D eigenvalue weighted by Gasteiger charge is 2.16. The van der Waals surface area contributed by atoms with Crippen molar-refractivity contribution in [2.75, 3.05) is 11.9 Å². The summed E-state index contributed by atoms with van der Waals surface area (Å²) >= 11 is 0. The summed E-state index contributed by atoms with van der Waals surface area (Å²) in [6.07, 6.45) is 10.5. The standard InChI is InChI=1S/C15H19N5O2/c21-14(9-22-12-5-2-1-3-6-12)19-13-7-4-8-17-15(13)20-11-16-10-18-20/h4,7-8,10-12H,1-3,5-6,9H2,(H,19,21). The van der Waals surface area contributed by atoms with Crippen LogP contribution >= 0.6 is 0 Å². The Morgan fingerprint density at radius 1 is 1.36 bits per heavy atom. The predicted octanol–water partition coefficient (Wildman–Crippen LogP) is 1.95. The Morgan fingerprint density at radius 2 is 2.23 bits per heavy atom. The van der Waals surface area contributed by atoms with Crippen molar-refractivity contribution in [1.82, 2.24) is 19.7 Å². The molecular weight excluding hydrogens is 282 g/mol. The van der Waals surface area contributed by atoms with Crippen molar-refractivity contribution in [1.29, 1.82) is 0 Å². The molecule has 0 aromatic carbocycles. The lowest BCUT2D eigenvalue weighted by molar-refractivity contribution is -0.123. The molecule has 1 aliphatic carbocycles. The number of ether oxygens (including phenoxy) is 1. The SMILES string of the molecule is O=C(COC1CCCCC1)Nc1cccnc1-n1cncn1. The summed E-state index contributed by atoms with van der Waals surface area (Å²) in [6.45, 7) is 0.0658. The van der Waals surface area contributed by atoms with Crippen LogP contribution in [0.25, 0.3) is 5.82 Å². The van der Waals surface area contributed by atoms with Crippen LogP contribution in [-0.2, 0) is 9.53 Å². The van der Waals surface area contributed by atoms with Crippen LogP contribution in [-0.4, -0.2) is 38.4 Å². The molecule has 0 radical (unpaired) electrons. The van der Waals surface area contributed by atoms with Crippen molar-refractivity contribution in [3.8, 4) is 5.82 Å². The first-order valence-electron chi connectivity index (χ1n) is 7.54.